The molecule has 2 fully saturated rings. The summed E-state index contributed by atoms with van der Waals surface area (Å²) in [6.45, 7) is 3.36. The van der Waals surface area contributed by atoms with Gasteiger partial charge in [0.15, 0.2) is 11.5 Å². The lowest BCUT2D eigenvalue weighted by Crippen LogP contribution is -2.46. The molecule has 0 radical (unpaired) electrons. The molecule has 1 aromatic rings. The third-order valence-corrected chi connectivity index (χ3v) is 8.00. The molecule has 0 spiro atoms. The first kappa shape index (κ1) is 29.6. The van der Waals surface area contributed by atoms with E-state index in [9.17, 15) is 29.4 Å². The van der Waals surface area contributed by atoms with Gasteiger partial charge in [0.1, 0.15) is 0 Å². The summed E-state index contributed by atoms with van der Waals surface area (Å²) in [5.41, 5.74) is 0.685. The number of carboxylic acids is 1. The molecule has 3 amide bonds. The summed E-state index contributed by atoms with van der Waals surface area (Å²) in [6.07, 6.45) is 2.72. The van der Waals surface area contributed by atoms with E-state index >= 15 is 0 Å². The zero-order valence-electron chi connectivity index (χ0n) is 23.2. The number of hydrogen-bond donors (Lipinski definition) is 2. The van der Waals surface area contributed by atoms with E-state index in [1.807, 2.05) is 11.8 Å². The largest absolute Gasteiger partial charge is 0.493 e. The third kappa shape index (κ3) is 6.33. The third-order valence-electron chi connectivity index (χ3n) is 8.00. The Balaban J connectivity index is 1.63. The molecule has 0 bridgehead atoms. The van der Waals surface area contributed by atoms with Crippen molar-refractivity contribution in [2.75, 3.05) is 53.2 Å². The number of aliphatic hydroxyl groups is 1. The van der Waals surface area contributed by atoms with E-state index in [0.717, 1.165) is 12.8 Å². The van der Waals surface area contributed by atoms with Crippen LogP contribution in [0.1, 0.15) is 56.9 Å². The lowest BCUT2D eigenvalue weighted by Gasteiger charge is -2.30. The smallest absolute Gasteiger partial charge is 0.308 e. The van der Waals surface area contributed by atoms with Crippen LogP contribution >= 0.6 is 0 Å². The number of nitrogens with zero attached hydrogens (tertiary/aromatic N) is 3. The molecule has 12 heteroatoms. The first-order chi connectivity index (χ1) is 19.3. The van der Waals surface area contributed by atoms with Crippen molar-refractivity contribution < 1.29 is 43.6 Å². The Hall–Kier alpha value is -3.38. The van der Waals surface area contributed by atoms with Crippen molar-refractivity contribution in [1.29, 1.82) is 0 Å². The van der Waals surface area contributed by atoms with Crippen molar-refractivity contribution in [2.45, 2.75) is 57.4 Å². The molecule has 0 aromatic heterocycles. The fourth-order valence-electron chi connectivity index (χ4n) is 5.93. The molecule has 3 aliphatic heterocycles. The van der Waals surface area contributed by atoms with Crippen LogP contribution < -0.4 is 14.2 Å². The minimum Gasteiger partial charge on any atom is -0.493 e. The molecule has 40 heavy (non-hydrogen) atoms. The van der Waals surface area contributed by atoms with E-state index < -0.39 is 23.8 Å². The van der Waals surface area contributed by atoms with Crippen molar-refractivity contribution in [3.63, 3.8) is 0 Å². The first-order valence-corrected chi connectivity index (χ1v) is 13.9. The fraction of sp³-hybridized carbons (Fsp3) is 0.643. The highest BCUT2D eigenvalue weighted by atomic mass is 16.7. The Labute approximate surface area is 233 Å². The zero-order valence-corrected chi connectivity index (χ0v) is 23.2. The van der Waals surface area contributed by atoms with Gasteiger partial charge in [-0.25, -0.2) is 0 Å². The summed E-state index contributed by atoms with van der Waals surface area (Å²) in [7, 11) is 1.50. The molecule has 12 nitrogen and oxygen atoms in total. The van der Waals surface area contributed by atoms with E-state index in [1.54, 1.807) is 17.0 Å². The topological polar surface area (TPSA) is 146 Å². The summed E-state index contributed by atoms with van der Waals surface area (Å²) < 4.78 is 16.6. The molecule has 3 heterocycles. The van der Waals surface area contributed by atoms with Crippen molar-refractivity contribution in [2.24, 2.45) is 5.92 Å². The van der Waals surface area contributed by atoms with E-state index in [-0.39, 0.29) is 70.0 Å². The molecule has 4 rings (SSSR count). The number of carbonyl (C=O) groups excluding carboxylic acids is 3. The summed E-state index contributed by atoms with van der Waals surface area (Å²) in [4.78, 5) is 55.6. The predicted octanol–water partition coefficient (Wildman–Crippen LogP) is 1.44. The Morgan fingerprint density at radius 3 is 2.50 bits per heavy atom. The Bertz CT molecular complexity index is 1090. The molecule has 220 valence electrons. The quantitative estimate of drug-likeness (QED) is 0.320. The lowest BCUT2D eigenvalue weighted by molar-refractivity contribution is -0.144. The van der Waals surface area contributed by atoms with Crippen LogP contribution in [0.25, 0.3) is 0 Å². The van der Waals surface area contributed by atoms with Crippen LogP contribution in [-0.4, -0.2) is 108 Å². The number of carbonyl (C=O) groups is 4. The summed E-state index contributed by atoms with van der Waals surface area (Å²) in [6, 6.07) is 2.91. The Morgan fingerprint density at radius 2 is 1.85 bits per heavy atom. The van der Waals surface area contributed by atoms with Crippen molar-refractivity contribution >= 4 is 23.7 Å². The summed E-state index contributed by atoms with van der Waals surface area (Å²) in [5, 5.41) is 19.8. The number of methoxy groups -OCH3 is 1. The van der Waals surface area contributed by atoms with E-state index in [1.165, 1.54) is 12.0 Å². The van der Waals surface area contributed by atoms with Gasteiger partial charge in [0.05, 0.1) is 19.6 Å². The standard InChI is InChI=1S/C28H39N3O9/c1-3-4-9-29(10-5-12-32)25(35)16-30-15-19(18-13-21(38-2)27-22(14-18)39-17-40-27)26(28(36)37)20(30)8-11-31-23(33)6-7-24(31)34/h13-14,19-20,26,32H,3-12,15-17H2,1-2H3,(H,36,37). The van der Waals surface area contributed by atoms with Crippen LogP contribution in [0.5, 0.6) is 17.2 Å². The number of benzene rings is 1. The highest BCUT2D eigenvalue weighted by Gasteiger charge is 2.48. The van der Waals surface area contributed by atoms with Crippen LogP contribution in [0, 0.1) is 5.92 Å². The van der Waals surface area contributed by atoms with Crippen LogP contribution in [0.4, 0.5) is 0 Å². The maximum atomic E-state index is 13.5. The van der Waals surface area contributed by atoms with Crippen molar-refractivity contribution in [1.82, 2.24) is 14.7 Å². The number of fused-ring (bicyclic) bond motifs is 1. The number of aliphatic hydroxyl groups excluding tert-OH is 1. The van der Waals surface area contributed by atoms with Crippen LogP contribution in [-0.2, 0) is 19.2 Å². The average Bonchev–Trinajstić information content (AvgIpc) is 3.64. The minimum absolute atomic E-state index is 0.0102. The van der Waals surface area contributed by atoms with Gasteiger partial charge >= 0.3 is 5.97 Å². The van der Waals surface area contributed by atoms with Gasteiger partial charge in [0.2, 0.25) is 30.3 Å². The molecule has 3 unspecified atom stereocenters. The molecule has 2 saturated heterocycles. The number of unbranched alkanes of at least 4 members (excludes halogenated alkanes) is 1. The second-order valence-electron chi connectivity index (χ2n) is 10.5. The molecule has 2 N–H and O–H groups in total. The van der Waals surface area contributed by atoms with Gasteiger partial charge in [0, 0.05) is 57.6 Å². The molecule has 0 saturated carbocycles. The van der Waals surface area contributed by atoms with E-state index in [2.05, 4.69) is 0 Å². The lowest BCUT2D eigenvalue weighted by atomic mass is 9.84. The Morgan fingerprint density at radius 1 is 1.12 bits per heavy atom. The monoisotopic (exact) mass is 561 g/mol. The van der Waals surface area contributed by atoms with Gasteiger partial charge in [-0.3, -0.25) is 29.0 Å². The number of imide groups is 1. The predicted molar refractivity (Wildman–Crippen MR) is 142 cm³/mol. The number of amides is 3. The summed E-state index contributed by atoms with van der Waals surface area (Å²) >= 11 is 0. The average molecular weight is 562 g/mol. The zero-order chi connectivity index (χ0) is 28.8. The highest BCUT2D eigenvalue weighted by Crippen LogP contribution is 2.47. The van der Waals surface area contributed by atoms with Crippen molar-refractivity contribution in [3.8, 4) is 17.2 Å². The first-order valence-electron chi connectivity index (χ1n) is 13.9. The molecular formula is C28H39N3O9. The number of likely N-dealkylation sites (tertiary alicyclic amines) is 2. The molecule has 0 aliphatic carbocycles. The second kappa shape index (κ2) is 13.3. The van der Waals surface area contributed by atoms with Crippen LogP contribution in [0.2, 0.25) is 0 Å². The van der Waals surface area contributed by atoms with Gasteiger partial charge in [-0.15, -0.1) is 0 Å². The maximum absolute atomic E-state index is 13.5. The number of carboxylic acid groups (broad SMARTS) is 1. The van der Waals surface area contributed by atoms with Gasteiger partial charge in [-0.2, -0.15) is 0 Å². The molecule has 3 aliphatic rings. The SMILES string of the molecule is CCCCN(CCCO)C(=O)CN1CC(c2cc(OC)c3c(c2)OCO3)C(C(=O)O)C1CCN1C(=O)CCC1=O. The maximum Gasteiger partial charge on any atom is 0.308 e. The molecular weight excluding hydrogens is 522 g/mol. The second-order valence-corrected chi connectivity index (χ2v) is 10.5. The van der Waals surface area contributed by atoms with E-state index in [4.69, 9.17) is 14.2 Å². The normalized spacial score (nSPS) is 22.3. The van der Waals surface area contributed by atoms with Crippen molar-refractivity contribution in [3.05, 3.63) is 17.7 Å². The molecule has 1 aromatic carbocycles. The minimum atomic E-state index is -1.02. The molecule has 3 atom stereocenters. The number of rotatable bonds is 14. The van der Waals surface area contributed by atoms with Gasteiger partial charge in [0.25, 0.3) is 0 Å². The Kier molecular flexibility index (Phi) is 9.85. The highest BCUT2D eigenvalue weighted by molar-refractivity contribution is 6.01. The van der Waals surface area contributed by atoms with Gasteiger partial charge < -0.3 is 29.3 Å². The fourth-order valence-corrected chi connectivity index (χ4v) is 5.93. The van der Waals surface area contributed by atoms with E-state index in [0.29, 0.717) is 42.3 Å². The van der Waals surface area contributed by atoms with Gasteiger partial charge in [-0.1, -0.05) is 13.3 Å². The summed E-state index contributed by atoms with van der Waals surface area (Å²) in [5.74, 6) is -1.75. The number of ether oxygens (including phenoxy) is 3. The number of aliphatic carboxylic acids is 1. The van der Waals surface area contributed by atoms with Gasteiger partial charge in [-0.05, 0) is 37.0 Å². The van der Waals surface area contributed by atoms with Crippen LogP contribution in [0.3, 0.4) is 0 Å². The number of hydrogen-bond acceptors (Lipinski definition) is 9. The van der Waals surface area contributed by atoms with Crippen LogP contribution in [0.15, 0.2) is 12.1 Å².